The van der Waals surface area contributed by atoms with Crippen molar-refractivity contribution in [3.8, 4) is 11.1 Å². The molecule has 1 unspecified atom stereocenters. The van der Waals surface area contributed by atoms with Gasteiger partial charge >= 0.3 is 6.09 Å². The van der Waals surface area contributed by atoms with Crippen molar-refractivity contribution in [3.63, 3.8) is 0 Å². The van der Waals surface area contributed by atoms with Crippen LogP contribution in [0.2, 0.25) is 0 Å². The molecule has 0 saturated heterocycles. The molecule has 1 aromatic carbocycles. The first kappa shape index (κ1) is 18.9. The first-order chi connectivity index (χ1) is 11.9. The van der Waals surface area contributed by atoms with Crippen LogP contribution in [0.3, 0.4) is 0 Å². The van der Waals surface area contributed by atoms with E-state index in [1.165, 1.54) is 0 Å². The number of benzene rings is 1. The molecule has 1 aromatic heterocycles. The summed E-state index contributed by atoms with van der Waals surface area (Å²) in [5.41, 5.74) is 2.58. The molecule has 0 bridgehead atoms. The predicted molar refractivity (Wildman–Crippen MR) is 100 cm³/mol. The van der Waals surface area contributed by atoms with E-state index in [0.29, 0.717) is 16.6 Å². The SMILES string of the molecule is CC(C)CC(NC(=O)O)C(=O)Nc1ccc(-c2ccncc2)cc1Br. The Balaban J connectivity index is 2.15. The molecule has 25 heavy (non-hydrogen) atoms. The van der Waals surface area contributed by atoms with Crippen LogP contribution in [-0.2, 0) is 4.79 Å². The molecule has 132 valence electrons. The minimum atomic E-state index is -1.21. The van der Waals surface area contributed by atoms with Gasteiger partial charge in [-0.15, -0.1) is 0 Å². The number of nitrogens with one attached hydrogen (secondary N) is 2. The molecule has 0 saturated carbocycles. The Bertz CT molecular complexity index is 750. The predicted octanol–water partition coefficient (Wildman–Crippen LogP) is 4.13. The molecule has 0 aliphatic rings. The highest BCUT2D eigenvalue weighted by Crippen LogP contribution is 2.29. The van der Waals surface area contributed by atoms with Gasteiger partial charge in [-0.1, -0.05) is 19.9 Å². The second kappa shape index (κ2) is 8.62. The van der Waals surface area contributed by atoms with Gasteiger partial charge in [-0.05, 0) is 63.7 Å². The van der Waals surface area contributed by atoms with E-state index in [0.717, 1.165) is 11.1 Å². The zero-order valence-corrected chi connectivity index (χ0v) is 15.6. The second-order valence-corrected chi connectivity index (χ2v) is 6.91. The summed E-state index contributed by atoms with van der Waals surface area (Å²) < 4.78 is 0.716. The first-order valence-electron chi connectivity index (χ1n) is 7.87. The smallest absolute Gasteiger partial charge is 0.405 e. The lowest BCUT2D eigenvalue weighted by atomic mass is 10.0. The molecule has 2 aromatic rings. The summed E-state index contributed by atoms with van der Waals surface area (Å²) in [5.74, 6) is -0.200. The number of amides is 2. The van der Waals surface area contributed by atoms with E-state index in [2.05, 4.69) is 31.5 Å². The summed E-state index contributed by atoms with van der Waals surface area (Å²) in [7, 11) is 0. The number of anilines is 1. The molecule has 0 fully saturated rings. The Morgan fingerprint density at radius 1 is 1.16 bits per heavy atom. The zero-order valence-electron chi connectivity index (χ0n) is 14.0. The van der Waals surface area contributed by atoms with Crippen molar-refractivity contribution in [2.24, 2.45) is 5.92 Å². The van der Waals surface area contributed by atoms with E-state index >= 15 is 0 Å². The molecule has 3 N–H and O–H groups in total. The number of nitrogens with zero attached hydrogens (tertiary/aromatic N) is 1. The third kappa shape index (κ3) is 5.56. The molecular weight excluding hydrogens is 386 g/mol. The molecule has 7 heteroatoms. The molecule has 1 atom stereocenters. The van der Waals surface area contributed by atoms with Gasteiger partial charge in [0.05, 0.1) is 5.69 Å². The van der Waals surface area contributed by atoms with Crippen molar-refractivity contribution < 1.29 is 14.7 Å². The Kier molecular flexibility index (Phi) is 6.52. The lowest BCUT2D eigenvalue weighted by molar-refractivity contribution is -0.118. The van der Waals surface area contributed by atoms with Crippen LogP contribution in [0, 0.1) is 5.92 Å². The van der Waals surface area contributed by atoms with Gasteiger partial charge in [-0.2, -0.15) is 0 Å². The Labute approximate surface area is 154 Å². The lowest BCUT2D eigenvalue weighted by Crippen LogP contribution is -2.44. The second-order valence-electron chi connectivity index (χ2n) is 6.05. The van der Waals surface area contributed by atoms with Crippen LogP contribution in [0.5, 0.6) is 0 Å². The zero-order chi connectivity index (χ0) is 18.4. The van der Waals surface area contributed by atoms with Gasteiger partial charge in [-0.25, -0.2) is 4.79 Å². The van der Waals surface area contributed by atoms with E-state index in [9.17, 15) is 9.59 Å². The molecule has 1 heterocycles. The number of rotatable bonds is 6. The fraction of sp³-hybridized carbons (Fsp3) is 0.278. The molecule has 0 spiro atoms. The summed E-state index contributed by atoms with van der Waals surface area (Å²) in [4.78, 5) is 27.3. The number of carbonyl (C=O) groups excluding carboxylic acids is 1. The maximum atomic E-state index is 12.4. The van der Waals surface area contributed by atoms with Crippen LogP contribution >= 0.6 is 15.9 Å². The van der Waals surface area contributed by atoms with Gasteiger partial charge in [0.1, 0.15) is 6.04 Å². The summed E-state index contributed by atoms with van der Waals surface area (Å²) in [5, 5.41) is 14.0. The first-order valence-corrected chi connectivity index (χ1v) is 8.66. The highest BCUT2D eigenvalue weighted by molar-refractivity contribution is 9.10. The average Bonchev–Trinajstić information content (AvgIpc) is 2.56. The molecule has 0 radical (unpaired) electrons. The Morgan fingerprint density at radius 3 is 2.40 bits per heavy atom. The van der Waals surface area contributed by atoms with E-state index in [1.807, 2.05) is 38.1 Å². The minimum Gasteiger partial charge on any atom is -0.465 e. The van der Waals surface area contributed by atoms with Crippen molar-refractivity contribution in [1.29, 1.82) is 0 Å². The van der Waals surface area contributed by atoms with Gasteiger partial charge in [-0.3, -0.25) is 9.78 Å². The van der Waals surface area contributed by atoms with Gasteiger partial charge in [0.2, 0.25) is 5.91 Å². The quantitative estimate of drug-likeness (QED) is 0.673. The average molecular weight is 406 g/mol. The van der Waals surface area contributed by atoms with Crippen molar-refractivity contribution in [1.82, 2.24) is 10.3 Å². The van der Waals surface area contributed by atoms with Gasteiger partial charge in [0, 0.05) is 16.9 Å². The van der Waals surface area contributed by atoms with E-state index in [-0.39, 0.29) is 11.8 Å². The molecule has 6 nitrogen and oxygen atoms in total. The minimum absolute atomic E-state index is 0.181. The molecular formula is C18H20BrN3O3. The summed E-state index contributed by atoms with van der Waals surface area (Å²) in [6.45, 7) is 3.87. The number of pyridine rings is 1. The van der Waals surface area contributed by atoms with E-state index < -0.39 is 12.1 Å². The monoisotopic (exact) mass is 405 g/mol. The van der Waals surface area contributed by atoms with Crippen molar-refractivity contribution in [3.05, 3.63) is 47.2 Å². The fourth-order valence-corrected chi connectivity index (χ4v) is 2.89. The fourth-order valence-electron chi connectivity index (χ4n) is 2.41. The van der Waals surface area contributed by atoms with E-state index in [1.54, 1.807) is 18.5 Å². The summed E-state index contributed by atoms with van der Waals surface area (Å²) >= 11 is 3.46. The summed E-state index contributed by atoms with van der Waals surface area (Å²) in [6.07, 6.45) is 2.64. The van der Waals surface area contributed by atoms with Gasteiger partial charge in [0.15, 0.2) is 0 Å². The number of halogens is 1. The Morgan fingerprint density at radius 2 is 1.84 bits per heavy atom. The molecule has 0 aliphatic heterocycles. The highest BCUT2D eigenvalue weighted by Gasteiger charge is 2.22. The largest absolute Gasteiger partial charge is 0.465 e. The van der Waals surface area contributed by atoms with Crippen LogP contribution in [0.4, 0.5) is 10.5 Å². The van der Waals surface area contributed by atoms with Crippen molar-refractivity contribution in [2.75, 3.05) is 5.32 Å². The lowest BCUT2D eigenvalue weighted by Gasteiger charge is -2.19. The van der Waals surface area contributed by atoms with Crippen LogP contribution in [0.15, 0.2) is 47.2 Å². The van der Waals surface area contributed by atoms with Crippen LogP contribution < -0.4 is 10.6 Å². The van der Waals surface area contributed by atoms with E-state index in [4.69, 9.17) is 5.11 Å². The molecule has 2 rings (SSSR count). The number of carboxylic acid groups (broad SMARTS) is 1. The highest BCUT2D eigenvalue weighted by atomic mass is 79.9. The normalized spacial score (nSPS) is 11.8. The number of carbonyl (C=O) groups is 2. The molecule has 0 aliphatic carbocycles. The van der Waals surface area contributed by atoms with Crippen LogP contribution in [0.1, 0.15) is 20.3 Å². The molecule has 2 amide bonds. The number of hydrogen-bond acceptors (Lipinski definition) is 3. The Hall–Kier alpha value is -2.41. The summed E-state index contributed by atoms with van der Waals surface area (Å²) in [6, 6.07) is 8.56. The third-order valence-electron chi connectivity index (χ3n) is 3.56. The van der Waals surface area contributed by atoms with Gasteiger partial charge in [0.25, 0.3) is 0 Å². The maximum Gasteiger partial charge on any atom is 0.405 e. The standard InChI is InChI=1S/C18H20BrN3O3/c1-11(2)9-16(22-18(24)25)17(23)21-15-4-3-13(10-14(15)19)12-5-7-20-8-6-12/h3-8,10-11,16,22H,9H2,1-2H3,(H,21,23)(H,24,25). The van der Waals surface area contributed by atoms with Crippen LogP contribution in [-0.4, -0.2) is 28.1 Å². The number of hydrogen-bond donors (Lipinski definition) is 3. The van der Waals surface area contributed by atoms with Crippen molar-refractivity contribution in [2.45, 2.75) is 26.3 Å². The maximum absolute atomic E-state index is 12.4. The van der Waals surface area contributed by atoms with Gasteiger partial charge < -0.3 is 15.7 Å². The third-order valence-corrected chi connectivity index (χ3v) is 4.22. The van der Waals surface area contributed by atoms with Crippen molar-refractivity contribution >= 4 is 33.6 Å². The van der Waals surface area contributed by atoms with Crippen LogP contribution in [0.25, 0.3) is 11.1 Å². The number of aromatic nitrogens is 1. The topological polar surface area (TPSA) is 91.3 Å².